The van der Waals surface area contributed by atoms with Crippen LogP contribution in [0.15, 0.2) is 51.5 Å². The maximum atomic E-state index is 12.9. The quantitative estimate of drug-likeness (QED) is 0.474. The average molecular weight is 412 g/mol. The summed E-state index contributed by atoms with van der Waals surface area (Å²) in [4.78, 5) is 29.8. The first kappa shape index (κ1) is 19.4. The number of hydrogen-bond donors (Lipinski definition) is 4. The number of rotatable bonds is 3. The molecular formula is C20H20N4O6. The summed E-state index contributed by atoms with van der Waals surface area (Å²) in [5, 5.41) is 39.0. The Labute approximate surface area is 169 Å². The van der Waals surface area contributed by atoms with Crippen LogP contribution < -0.4 is 11.2 Å². The summed E-state index contributed by atoms with van der Waals surface area (Å²) in [6.45, 7) is 0.119. The van der Waals surface area contributed by atoms with Crippen molar-refractivity contribution in [2.45, 2.75) is 18.9 Å². The summed E-state index contributed by atoms with van der Waals surface area (Å²) >= 11 is 0. The molecule has 10 nitrogen and oxygen atoms in total. The Bertz CT molecular complexity index is 1360. The van der Waals surface area contributed by atoms with Gasteiger partial charge in [0.2, 0.25) is 0 Å². The topological polar surface area (TPSA) is 143 Å². The zero-order valence-corrected chi connectivity index (χ0v) is 16.3. The molecule has 1 aliphatic carbocycles. The maximum Gasteiger partial charge on any atom is 0.332 e. The van der Waals surface area contributed by atoms with E-state index in [1.54, 1.807) is 10.6 Å². The van der Waals surface area contributed by atoms with Gasteiger partial charge >= 0.3 is 5.69 Å². The molecule has 156 valence electrons. The molecule has 0 aliphatic heterocycles. The number of phenolic OH excluding ortho intramolecular Hbond substituents is 2. The lowest BCUT2D eigenvalue weighted by atomic mass is 9.98. The minimum Gasteiger partial charge on any atom is -0.504 e. The Hall–Kier alpha value is -3.95. The van der Waals surface area contributed by atoms with Gasteiger partial charge < -0.3 is 25.0 Å². The molecule has 10 heteroatoms. The second kappa shape index (κ2) is 6.83. The highest BCUT2D eigenvalue weighted by molar-refractivity contribution is 5.71. The van der Waals surface area contributed by atoms with Crippen LogP contribution in [0.25, 0.3) is 11.2 Å². The van der Waals surface area contributed by atoms with Gasteiger partial charge in [-0.1, -0.05) is 6.07 Å². The Kier molecular flexibility index (Phi) is 4.41. The van der Waals surface area contributed by atoms with E-state index in [1.807, 2.05) is 0 Å². The molecular weight excluding hydrogens is 392 g/mol. The molecule has 2 heterocycles. The molecule has 1 atom stereocenters. The van der Waals surface area contributed by atoms with E-state index in [4.69, 9.17) is 0 Å². The van der Waals surface area contributed by atoms with Crippen LogP contribution >= 0.6 is 0 Å². The van der Waals surface area contributed by atoms with Crippen LogP contribution in [0.4, 0.5) is 0 Å². The van der Waals surface area contributed by atoms with E-state index in [9.17, 15) is 30.0 Å². The van der Waals surface area contributed by atoms with Crippen LogP contribution in [0.1, 0.15) is 23.7 Å². The summed E-state index contributed by atoms with van der Waals surface area (Å²) in [5.74, 6) is -1.16. The molecule has 2 aromatic heterocycles. The lowest BCUT2D eigenvalue weighted by Crippen LogP contribution is -2.37. The van der Waals surface area contributed by atoms with Crippen molar-refractivity contribution >= 4 is 11.2 Å². The number of aryl methyl sites for hydroxylation is 1. The maximum absolute atomic E-state index is 12.9. The highest BCUT2D eigenvalue weighted by Gasteiger charge is 2.26. The number of allylic oxidation sites excluding steroid dienone is 2. The molecule has 0 amide bonds. The van der Waals surface area contributed by atoms with Crippen LogP contribution in [0.5, 0.6) is 11.5 Å². The van der Waals surface area contributed by atoms with Crippen LogP contribution in [0, 0.1) is 0 Å². The molecule has 1 aromatic carbocycles. The van der Waals surface area contributed by atoms with Gasteiger partial charge in [-0.25, -0.2) is 9.78 Å². The van der Waals surface area contributed by atoms with Gasteiger partial charge in [0, 0.05) is 26.6 Å². The smallest absolute Gasteiger partial charge is 0.332 e. The molecule has 0 radical (unpaired) electrons. The van der Waals surface area contributed by atoms with Crippen molar-refractivity contribution in [3.05, 3.63) is 74.1 Å². The molecule has 0 fully saturated rings. The molecule has 0 saturated heterocycles. The third kappa shape index (κ3) is 2.93. The molecule has 3 aromatic rings. The highest BCUT2D eigenvalue weighted by atomic mass is 16.3. The summed E-state index contributed by atoms with van der Waals surface area (Å²) in [6.07, 6.45) is 3.21. The molecule has 0 spiro atoms. The second-order valence-corrected chi connectivity index (χ2v) is 7.24. The lowest BCUT2D eigenvalue weighted by Gasteiger charge is -2.18. The van der Waals surface area contributed by atoms with Crippen molar-refractivity contribution < 1.29 is 20.4 Å². The van der Waals surface area contributed by atoms with Gasteiger partial charge in [0.15, 0.2) is 34.2 Å². The van der Waals surface area contributed by atoms with Gasteiger partial charge in [-0.05, 0) is 36.3 Å². The largest absolute Gasteiger partial charge is 0.504 e. The number of aliphatic hydroxyl groups excluding tert-OH is 2. The molecule has 4 N–H and O–H groups in total. The van der Waals surface area contributed by atoms with E-state index in [0.717, 1.165) is 4.57 Å². The summed E-state index contributed by atoms with van der Waals surface area (Å²) in [7, 11) is 2.89. The first-order valence-electron chi connectivity index (χ1n) is 9.16. The minimum atomic E-state index is -0.530. The second-order valence-electron chi connectivity index (χ2n) is 7.24. The monoisotopic (exact) mass is 412 g/mol. The highest BCUT2D eigenvalue weighted by Crippen LogP contribution is 2.31. The van der Waals surface area contributed by atoms with Gasteiger partial charge in [0.1, 0.15) is 5.82 Å². The standard InChI is InChI=1S/C20H20N4O6/c1-22-18-16(19(29)23(2)20(22)30)24(9-10-3-5-12(25)14(27)7-10)17(21-18)11-4-6-13(26)15(28)8-11/h3,5-8,11,25-28H,4,9H2,1-2H3. The first-order chi connectivity index (χ1) is 14.2. The molecule has 30 heavy (non-hydrogen) atoms. The van der Waals surface area contributed by atoms with Gasteiger partial charge in [-0.3, -0.25) is 13.9 Å². The van der Waals surface area contributed by atoms with Crippen molar-refractivity contribution in [3.8, 4) is 11.5 Å². The van der Waals surface area contributed by atoms with Crippen molar-refractivity contribution in [2.24, 2.45) is 14.1 Å². The van der Waals surface area contributed by atoms with Crippen molar-refractivity contribution in [2.75, 3.05) is 0 Å². The summed E-state index contributed by atoms with van der Waals surface area (Å²) < 4.78 is 3.87. The number of benzene rings is 1. The normalized spacial score (nSPS) is 16.5. The van der Waals surface area contributed by atoms with Gasteiger partial charge in [0.05, 0.1) is 0 Å². The van der Waals surface area contributed by atoms with E-state index in [1.165, 1.54) is 42.9 Å². The number of aliphatic hydroxyl groups is 2. The predicted molar refractivity (Wildman–Crippen MR) is 108 cm³/mol. The van der Waals surface area contributed by atoms with E-state index in [0.29, 0.717) is 17.8 Å². The number of nitrogens with zero attached hydrogens (tertiary/aromatic N) is 4. The molecule has 1 unspecified atom stereocenters. The first-order valence-corrected chi connectivity index (χ1v) is 9.16. The number of hydrogen-bond acceptors (Lipinski definition) is 7. The number of imidazole rings is 1. The Morgan fingerprint density at radius 1 is 1.03 bits per heavy atom. The lowest BCUT2D eigenvalue weighted by molar-refractivity contribution is 0.316. The fourth-order valence-corrected chi connectivity index (χ4v) is 3.62. The molecule has 0 bridgehead atoms. The third-order valence-electron chi connectivity index (χ3n) is 5.28. The Balaban J connectivity index is 1.98. The third-order valence-corrected chi connectivity index (χ3v) is 5.28. The summed E-state index contributed by atoms with van der Waals surface area (Å²) in [6, 6.07) is 4.30. The van der Waals surface area contributed by atoms with Gasteiger partial charge in [-0.15, -0.1) is 0 Å². The zero-order chi connectivity index (χ0) is 21.7. The zero-order valence-electron chi connectivity index (χ0n) is 16.3. The minimum absolute atomic E-state index is 0.119. The van der Waals surface area contributed by atoms with Crippen molar-refractivity contribution in [1.82, 2.24) is 18.7 Å². The van der Waals surface area contributed by atoms with Crippen LogP contribution in [0.3, 0.4) is 0 Å². The van der Waals surface area contributed by atoms with Crippen LogP contribution in [-0.4, -0.2) is 39.1 Å². The number of phenols is 2. The SMILES string of the molecule is Cn1c(=O)c2c(nc(C3C=C(O)C(O)=CC3)n2Cc2ccc(O)c(O)c2)n(C)c1=O. The fourth-order valence-electron chi connectivity index (χ4n) is 3.62. The summed E-state index contributed by atoms with van der Waals surface area (Å²) in [5.41, 5.74) is -0.0893. The van der Waals surface area contributed by atoms with Crippen molar-refractivity contribution in [1.29, 1.82) is 0 Å². The van der Waals surface area contributed by atoms with Gasteiger partial charge in [-0.2, -0.15) is 0 Å². The molecule has 4 rings (SSSR count). The van der Waals surface area contributed by atoms with E-state index in [2.05, 4.69) is 4.98 Å². The van der Waals surface area contributed by atoms with Crippen molar-refractivity contribution in [3.63, 3.8) is 0 Å². The van der Waals surface area contributed by atoms with E-state index in [-0.39, 0.29) is 40.7 Å². The van der Waals surface area contributed by atoms with Crippen LogP contribution in [-0.2, 0) is 20.6 Å². The average Bonchev–Trinajstić information content (AvgIpc) is 3.09. The number of fused-ring (bicyclic) bond motifs is 1. The fraction of sp³-hybridized carbons (Fsp3) is 0.250. The predicted octanol–water partition coefficient (Wildman–Crippen LogP) is 1.26. The number of aromatic nitrogens is 4. The van der Waals surface area contributed by atoms with Crippen LogP contribution in [0.2, 0.25) is 0 Å². The van der Waals surface area contributed by atoms with E-state index >= 15 is 0 Å². The Morgan fingerprint density at radius 2 is 1.77 bits per heavy atom. The number of aromatic hydroxyl groups is 2. The van der Waals surface area contributed by atoms with Gasteiger partial charge in [0.25, 0.3) is 5.56 Å². The Morgan fingerprint density at radius 3 is 2.43 bits per heavy atom. The molecule has 0 saturated carbocycles. The van der Waals surface area contributed by atoms with E-state index < -0.39 is 17.2 Å². The molecule has 1 aliphatic rings.